The number of thiocarbonyl (C=S) groups is 1. The maximum atomic E-state index is 13.0. The number of piperazine rings is 1. The van der Waals surface area contributed by atoms with Crippen LogP contribution in [0.5, 0.6) is 5.75 Å². The molecule has 0 spiro atoms. The fourth-order valence-electron chi connectivity index (χ4n) is 4.17. The highest BCUT2D eigenvalue weighted by Gasteiger charge is 2.24. The van der Waals surface area contributed by atoms with E-state index in [1.807, 2.05) is 41.3 Å². The van der Waals surface area contributed by atoms with E-state index < -0.39 is 0 Å². The fraction of sp³-hybridized carbons (Fsp3) is 0.250. The van der Waals surface area contributed by atoms with Gasteiger partial charge in [-0.15, -0.1) is 0 Å². The fourth-order valence-corrected chi connectivity index (χ4v) is 4.55. The molecule has 0 saturated carbocycles. The Morgan fingerprint density at radius 1 is 0.973 bits per heavy atom. The Balaban J connectivity index is 1.29. The lowest BCUT2D eigenvalue weighted by molar-refractivity contribution is 0.0743. The number of ether oxygens (including phenoxy) is 1. The predicted octanol–water partition coefficient (Wildman–Crippen LogP) is 5.00. The van der Waals surface area contributed by atoms with Gasteiger partial charge in [-0.2, -0.15) is 0 Å². The molecule has 9 heteroatoms. The van der Waals surface area contributed by atoms with Crippen LogP contribution in [-0.4, -0.2) is 55.1 Å². The van der Waals surface area contributed by atoms with Gasteiger partial charge >= 0.3 is 0 Å². The van der Waals surface area contributed by atoms with Crippen molar-refractivity contribution in [1.29, 1.82) is 0 Å². The van der Waals surface area contributed by atoms with Crippen molar-refractivity contribution in [2.75, 3.05) is 43.5 Å². The van der Waals surface area contributed by atoms with Crippen molar-refractivity contribution in [2.24, 2.45) is 0 Å². The Morgan fingerprint density at radius 3 is 2.27 bits per heavy atom. The number of nitrogens with one attached hydrogen (secondary N) is 2. The van der Waals surface area contributed by atoms with Crippen molar-refractivity contribution in [3.63, 3.8) is 0 Å². The van der Waals surface area contributed by atoms with Gasteiger partial charge in [0.2, 0.25) is 0 Å². The molecule has 1 aliphatic heterocycles. The largest absolute Gasteiger partial charge is 0.496 e. The van der Waals surface area contributed by atoms with Gasteiger partial charge in [-0.25, -0.2) is 0 Å². The van der Waals surface area contributed by atoms with Gasteiger partial charge in [-0.1, -0.05) is 30.7 Å². The second kappa shape index (κ2) is 12.1. The summed E-state index contributed by atoms with van der Waals surface area (Å²) in [7, 11) is 1.54. The van der Waals surface area contributed by atoms with Crippen LogP contribution in [0.4, 0.5) is 11.4 Å². The van der Waals surface area contributed by atoms with Crippen LogP contribution in [0.1, 0.15) is 33.2 Å². The van der Waals surface area contributed by atoms with E-state index in [2.05, 4.69) is 22.5 Å². The number of nitrogens with zero attached hydrogens (tertiary/aromatic N) is 2. The van der Waals surface area contributed by atoms with E-state index in [-0.39, 0.29) is 16.9 Å². The van der Waals surface area contributed by atoms with Gasteiger partial charge in [0.05, 0.1) is 12.7 Å². The smallest absolute Gasteiger partial charge is 0.257 e. The van der Waals surface area contributed by atoms with E-state index >= 15 is 0 Å². The highest BCUT2D eigenvalue weighted by molar-refractivity contribution is 7.80. The molecule has 2 amide bonds. The number of carbonyl (C=O) groups is 2. The van der Waals surface area contributed by atoms with Crippen molar-refractivity contribution in [1.82, 2.24) is 10.2 Å². The van der Waals surface area contributed by atoms with E-state index in [4.69, 9.17) is 28.6 Å². The lowest BCUT2D eigenvalue weighted by Crippen LogP contribution is -2.48. The highest BCUT2D eigenvalue weighted by atomic mass is 35.5. The minimum atomic E-state index is -0.250. The van der Waals surface area contributed by atoms with E-state index in [1.165, 1.54) is 5.56 Å². The van der Waals surface area contributed by atoms with Gasteiger partial charge in [0.25, 0.3) is 11.8 Å². The standard InChI is InChI=1S/C28H29ClN4O3S/c1-3-19-4-6-20(7-5-19)26(34)31-28(37)30-22-9-11-23(12-10-22)32-14-16-33(17-15-32)27(35)24-18-21(29)8-13-25(24)36-2/h4-13,18H,3,14-17H2,1-2H3,(H2,30,31,34,37). The third-order valence-corrected chi connectivity index (χ3v) is 6.74. The molecule has 1 saturated heterocycles. The molecule has 7 nitrogen and oxygen atoms in total. The lowest BCUT2D eigenvalue weighted by atomic mass is 10.1. The molecule has 0 unspecified atom stereocenters. The van der Waals surface area contributed by atoms with Gasteiger partial charge < -0.3 is 19.9 Å². The molecule has 0 bridgehead atoms. The summed E-state index contributed by atoms with van der Waals surface area (Å²) >= 11 is 11.4. The zero-order chi connectivity index (χ0) is 26.4. The molecule has 0 atom stereocenters. The maximum absolute atomic E-state index is 13.0. The van der Waals surface area contributed by atoms with Gasteiger partial charge in [-0.05, 0) is 78.8 Å². The van der Waals surface area contributed by atoms with Crippen LogP contribution in [0.15, 0.2) is 66.7 Å². The molecule has 2 N–H and O–H groups in total. The molecule has 192 valence electrons. The molecular formula is C28H29ClN4O3S. The van der Waals surface area contributed by atoms with E-state index in [0.717, 1.165) is 17.8 Å². The first-order valence-electron chi connectivity index (χ1n) is 12.1. The van der Waals surface area contributed by atoms with Crippen LogP contribution < -0.4 is 20.3 Å². The number of anilines is 2. The molecule has 0 aromatic heterocycles. The first-order valence-corrected chi connectivity index (χ1v) is 12.9. The van der Waals surface area contributed by atoms with Crippen LogP contribution in [0, 0.1) is 0 Å². The molecule has 1 fully saturated rings. The number of hydrogen-bond acceptors (Lipinski definition) is 5. The quantitative estimate of drug-likeness (QED) is 0.432. The number of methoxy groups -OCH3 is 1. The van der Waals surface area contributed by atoms with Gasteiger partial charge in [-0.3, -0.25) is 14.9 Å². The van der Waals surface area contributed by atoms with Crippen molar-refractivity contribution in [3.05, 3.63) is 88.4 Å². The third kappa shape index (κ3) is 6.58. The first kappa shape index (κ1) is 26.4. The summed E-state index contributed by atoms with van der Waals surface area (Å²) in [5, 5.41) is 6.51. The number of carbonyl (C=O) groups excluding carboxylic acids is 2. The van der Waals surface area contributed by atoms with Crippen molar-refractivity contribution in [3.8, 4) is 5.75 Å². The summed E-state index contributed by atoms with van der Waals surface area (Å²) in [6, 6.07) is 20.4. The van der Waals surface area contributed by atoms with E-state index in [9.17, 15) is 9.59 Å². The molecule has 4 rings (SSSR count). The van der Waals surface area contributed by atoms with Crippen LogP contribution in [0.25, 0.3) is 0 Å². The molecule has 1 heterocycles. The number of amides is 2. The Morgan fingerprint density at radius 2 is 1.65 bits per heavy atom. The van der Waals surface area contributed by atoms with Gasteiger partial charge in [0.1, 0.15) is 5.75 Å². The van der Waals surface area contributed by atoms with Crippen LogP contribution in [0.3, 0.4) is 0 Å². The zero-order valence-electron chi connectivity index (χ0n) is 20.8. The SMILES string of the molecule is CCc1ccc(C(=O)NC(=S)Nc2ccc(N3CCN(C(=O)c4cc(Cl)ccc4OC)CC3)cc2)cc1. The predicted molar refractivity (Wildman–Crippen MR) is 152 cm³/mol. The zero-order valence-corrected chi connectivity index (χ0v) is 22.4. The second-order valence-electron chi connectivity index (χ2n) is 8.63. The summed E-state index contributed by atoms with van der Waals surface area (Å²) in [4.78, 5) is 29.5. The van der Waals surface area contributed by atoms with E-state index in [1.54, 1.807) is 37.4 Å². The first-order chi connectivity index (χ1) is 17.9. The average molecular weight is 537 g/mol. The molecule has 37 heavy (non-hydrogen) atoms. The molecule has 3 aromatic carbocycles. The molecule has 0 aliphatic carbocycles. The van der Waals surface area contributed by atoms with Crippen molar-refractivity contribution in [2.45, 2.75) is 13.3 Å². The number of halogens is 1. The summed E-state index contributed by atoms with van der Waals surface area (Å²) in [6.45, 7) is 4.65. The summed E-state index contributed by atoms with van der Waals surface area (Å²) in [5.41, 5.74) is 4.02. The lowest BCUT2D eigenvalue weighted by Gasteiger charge is -2.36. The summed E-state index contributed by atoms with van der Waals surface area (Å²) in [6.07, 6.45) is 0.921. The average Bonchev–Trinajstić information content (AvgIpc) is 2.93. The Labute approximate surface area is 227 Å². The minimum absolute atomic E-state index is 0.0876. The molecular weight excluding hydrogens is 508 g/mol. The van der Waals surface area contributed by atoms with Crippen LogP contribution in [-0.2, 0) is 6.42 Å². The Bertz CT molecular complexity index is 1270. The number of aryl methyl sites for hydroxylation is 1. The van der Waals surface area contributed by atoms with Gasteiger partial charge in [0.15, 0.2) is 5.11 Å². The highest BCUT2D eigenvalue weighted by Crippen LogP contribution is 2.25. The normalized spacial score (nSPS) is 13.2. The maximum Gasteiger partial charge on any atom is 0.257 e. The second-order valence-corrected chi connectivity index (χ2v) is 9.47. The summed E-state index contributed by atoms with van der Waals surface area (Å²) < 4.78 is 5.34. The molecule has 1 aliphatic rings. The summed E-state index contributed by atoms with van der Waals surface area (Å²) in [5.74, 6) is 0.179. The number of benzene rings is 3. The monoisotopic (exact) mass is 536 g/mol. The van der Waals surface area contributed by atoms with Crippen LogP contribution in [0.2, 0.25) is 5.02 Å². The topological polar surface area (TPSA) is 73.9 Å². The van der Waals surface area contributed by atoms with Crippen molar-refractivity contribution >= 4 is 52.1 Å². The van der Waals surface area contributed by atoms with Crippen LogP contribution >= 0.6 is 23.8 Å². The van der Waals surface area contributed by atoms with Crippen molar-refractivity contribution < 1.29 is 14.3 Å². The number of rotatable bonds is 6. The molecule has 0 radical (unpaired) electrons. The van der Waals surface area contributed by atoms with Gasteiger partial charge in [0, 0.05) is 48.1 Å². The number of hydrogen-bond donors (Lipinski definition) is 2. The Kier molecular flexibility index (Phi) is 8.63. The van der Waals surface area contributed by atoms with E-state index in [0.29, 0.717) is 48.1 Å². The Hall–Kier alpha value is -3.62. The molecule has 3 aromatic rings. The third-order valence-electron chi connectivity index (χ3n) is 6.30. The minimum Gasteiger partial charge on any atom is -0.496 e.